The molecule has 0 atom stereocenters. The van der Waals surface area contributed by atoms with Gasteiger partial charge in [0.25, 0.3) is 0 Å². The molecule has 0 aromatic carbocycles. The van der Waals surface area contributed by atoms with Gasteiger partial charge in [0, 0.05) is 6.42 Å². The summed E-state index contributed by atoms with van der Waals surface area (Å²) in [6.45, 7) is 2.24. The molecule has 0 bridgehead atoms. The fourth-order valence-electron chi connectivity index (χ4n) is 2.18. The van der Waals surface area contributed by atoms with Crippen molar-refractivity contribution in [3.8, 4) is 0 Å². The smallest absolute Gasteiger partial charge is 0.305 e. The van der Waals surface area contributed by atoms with Crippen molar-refractivity contribution in [3.05, 3.63) is 24.3 Å². The minimum atomic E-state index is -0.0827. The fraction of sp³-hybridized carbons (Fsp3) is 0.737. The van der Waals surface area contributed by atoms with Crippen molar-refractivity contribution in [1.29, 1.82) is 0 Å². The van der Waals surface area contributed by atoms with Crippen LogP contribution in [0.5, 0.6) is 0 Å². The van der Waals surface area contributed by atoms with Gasteiger partial charge in [-0.1, -0.05) is 63.3 Å². The van der Waals surface area contributed by atoms with E-state index in [4.69, 9.17) is 0 Å². The lowest BCUT2D eigenvalue weighted by atomic mass is 10.1. The quantitative estimate of drug-likeness (QED) is 0.224. The molecule has 0 aliphatic rings. The molecule has 0 rings (SSSR count). The van der Waals surface area contributed by atoms with E-state index in [1.54, 1.807) is 0 Å². The standard InChI is InChI=1S/C19H34O2/c1-3-4-5-6-7-8-9-10-11-12-13-14-15-16-17-18-19(20)21-2/h7-8,10-11H,3-6,9,12-18H2,1-2H3/b8-7-,11-10-. The summed E-state index contributed by atoms with van der Waals surface area (Å²) in [4.78, 5) is 10.9. The first-order chi connectivity index (χ1) is 10.3. The first-order valence-electron chi connectivity index (χ1n) is 8.68. The van der Waals surface area contributed by atoms with Crippen molar-refractivity contribution in [1.82, 2.24) is 0 Å². The van der Waals surface area contributed by atoms with Crippen molar-refractivity contribution in [2.75, 3.05) is 7.11 Å². The average Bonchev–Trinajstić information content (AvgIpc) is 2.50. The van der Waals surface area contributed by atoms with Crippen molar-refractivity contribution in [2.45, 2.75) is 84.0 Å². The Kier molecular flexibility index (Phi) is 16.2. The van der Waals surface area contributed by atoms with E-state index >= 15 is 0 Å². The van der Waals surface area contributed by atoms with Crippen LogP contribution in [0.2, 0.25) is 0 Å². The molecule has 2 heteroatoms. The van der Waals surface area contributed by atoms with Crippen LogP contribution in [0.1, 0.15) is 84.0 Å². The Hall–Kier alpha value is -1.05. The SMILES string of the molecule is CCCCC/C=C\C/C=C\CCCCCCCC(=O)OC. The maximum absolute atomic E-state index is 10.9. The van der Waals surface area contributed by atoms with E-state index in [-0.39, 0.29) is 5.97 Å². The second-order valence-electron chi connectivity index (χ2n) is 5.56. The number of unbranched alkanes of at least 4 members (excludes halogenated alkanes) is 8. The molecular weight excluding hydrogens is 260 g/mol. The van der Waals surface area contributed by atoms with Crippen LogP contribution in [-0.4, -0.2) is 13.1 Å². The summed E-state index contributed by atoms with van der Waals surface area (Å²) in [6.07, 6.45) is 23.0. The molecule has 0 N–H and O–H groups in total. The van der Waals surface area contributed by atoms with Crippen LogP contribution >= 0.6 is 0 Å². The number of carbonyl (C=O) groups is 1. The third kappa shape index (κ3) is 16.9. The Labute approximate surface area is 131 Å². The molecule has 0 amide bonds. The molecule has 0 saturated heterocycles. The predicted octanol–water partition coefficient (Wildman–Crippen LogP) is 5.97. The first-order valence-corrected chi connectivity index (χ1v) is 8.68. The molecule has 2 nitrogen and oxygen atoms in total. The van der Waals surface area contributed by atoms with Crippen LogP contribution < -0.4 is 0 Å². The summed E-state index contributed by atoms with van der Waals surface area (Å²) in [7, 11) is 1.45. The molecule has 0 aromatic heterocycles. The van der Waals surface area contributed by atoms with E-state index in [0.717, 1.165) is 19.3 Å². The predicted molar refractivity (Wildman–Crippen MR) is 91.4 cm³/mol. The summed E-state index contributed by atoms with van der Waals surface area (Å²) in [5.41, 5.74) is 0. The van der Waals surface area contributed by atoms with E-state index in [2.05, 4.69) is 36.0 Å². The second kappa shape index (κ2) is 17.0. The highest BCUT2D eigenvalue weighted by Gasteiger charge is 1.98. The number of hydrogen-bond acceptors (Lipinski definition) is 2. The maximum Gasteiger partial charge on any atom is 0.305 e. The van der Waals surface area contributed by atoms with Gasteiger partial charge >= 0.3 is 5.97 Å². The maximum atomic E-state index is 10.9. The number of ether oxygens (including phenoxy) is 1. The highest BCUT2D eigenvalue weighted by atomic mass is 16.5. The molecule has 0 heterocycles. The van der Waals surface area contributed by atoms with Gasteiger partial charge in [0.05, 0.1) is 7.11 Å². The van der Waals surface area contributed by atoms with Crippen LogP contribution in [-0.2, 0) is 9.53 Å². The van der Waals surface area contributed by atoms with Gasteiger partial charge in [-0.15, -0.1) is 0 Å². The third-order valence-corrected chi connectivity index (χ3v) is 3.56. The fourth-order valence-corrected chi connectivity index (χ4v) is 2.18. The zero-order valence-corrected chi connectivity index (χ0v) is 14.1. The second-order valence-corrected chi connectivity index (χ2v) is 5.56. The van der Waals surface area contributed by atoms with Gasteiger partial charge in [-0.05, 0) is 38.5 Å². The first kappa shape index (κ1) is 19.9. The molecule has 0 radical (unpaired) electrons. The minimum Gasteiger partial charge on any atom is -0.469 e. The number of esters is 1. The van der Waals surface area contributed by atoms with Crippen LogP contribution in [0.4, 0.5) is 0 Å². The summed E-state index contributed by atoms with van der Waals surface area (Å²) < 4.78 is 4.62. The highest BCUT2D eigenvalue weighted by Crippen LogP contribution is 2.08. The van der Waals surface area contributed by atoms with Gasteiger partial charge in [-0.2, -0.15) is 0 Å². The summed E-state index contributed by atoms with van der Waals surface area (Å²) >= 11 is 0. The van der Waals surface area contributed by atoms with Crippen molar-refractivity contribution in [3.63, 3.8) is 0 Å². The zero-order chi connectivity index (χ0) is 15.6. The Balaban J connectivity index is 3.20. The average molecular weight is 294 g/mol. The van der Waals surface area contributed by atoms with Crippen molar-refractivity contribution >= 4 is 5.97 Å². The van der Waals surface area contributed by atoms with E-state index < -0.39 is 0 Å². The molecule has 0 fully saturated rings. The van der Waals surface area contributed by atoms with E-state index in [1.165, 1.54) is 58.5 Å². The zero-order valence-electron chi connectivity index (χ0n) is 14.1. The van der Waals surface area contributed by atoms with E-state index in [1.807, 2.05) is 0 Å². The molecular formula is C19H34O2. The van der Waals surface area contributed by atoms with E-state index in [0.29, 0.717) is 6.42 Å². The van der Waals surface area contributed by atoms with Gasteiger partial charge in [0.1, 0.15) is 0 Å². The van der Waals surface area contributed by atoms with Gasteiger partial charge in [-0.3, -0.25) is 4.79 Å². The molecule has 21 heavy (non-hydrogen) atoms. The Bertz CT molecular complexity index is 279. The summed E-state index contributed by atoms with van der Waals surface area (Å²) in [6, 6.07) is 0. The van der Waals surface area contributed by atoms with Crippen LogP contribution in [0.25, 0.3) is 0 Å². The summed E-state index contributed by atoms with van der Waals surface area (Å²) in [5.74, 6) is -0.0827. The van der Waals surface area contributed by atoms with E-state index in [9.17, 15) is 4.79 Å². The summed E-state index contributed by atoms with van der Waals surface area (Å²) in [5, 5.41) is 0. The minimum absolute atomic E-state index is 0.0827. The lowest BCUT2D eigenvalue weighted by Crippen LogP contribution is -1.98. The largest absolute Gasteiger partial charge is 0.469 e. The number of methoxy groups -OCH3 is 1. The number of carbonyl (C=O) groups excluding carboxylic acids is 1. The number of hydrogen-bond donors (Lipinski definition) is 0. The molecule has 0 aliphatic heterocycles. The molecule has 122 valence electrons. The Morgan fingerprint density at radius 1 is 0.810 bits per heavy atom. The topological polar surface area (TPSA) is 26.3 Å². The van der Waals surface area contributed by atoms with Crippen LogP contribution in [0.15, 0.2) is 24.3 Å². The lowest BCUT2D eigenvalue weighted by Gasteiger charge is -1.99. The Morgan fingerprint density at radius 3 is 2.00 bits per heavy atom. The molecule has 0 aromatic rings. The van der Waals surface area contributed by atoms with Crippen molar-refractivity contribution < 1.29 is 9.53 Å². The normalized spacial score (nSPS) is 11.5. The highest BCUT2D eigenvalue weighted by molar-refractivity contribution is 5.68. The number of rotatable bonds is 14. The third-order valence-electron chi connectivity index (χ3n) is 3.56. The Morgan fingerprint density at radius 2 is 1.38 bits per heavy atom. The molecule has 0 saturated carbocycles. The van der Waals surface area contributed by atoms with Crippen LogP contribution in [0.3, 0.4) is 0 Å². The van der Waals surface area contributed by atoms with Gasteiger partial charge < -0.3 is 4.74 Å². The van der Waals surface area contributed by atoms with Crippen LogP contribution in [0, 0.1) is 0 Å². The molecule has 0 unspecified atom stereocenters. The molecule has 0 spiro atoms. The van der Waals surface area contributed by atoms with Gasteiger partial charge in [0.2, 0.25) is 0 Å². The van der Waals surface area contributed by atoms with Gasteiger partial charge in [0.15, 0.2) is 0 Å². The monoisotopic (exact) mass is 294 g/mol. The lowest BCUT2D eigenvalue weighted by molar-refractivity contribution is -0.140. The molecule has 0 aliphatic carbocycles. The number of allylic oxidation sites excluding steroid dienone is 4. The van der Waals surface area contributed by atoms with Gasteiger partial charge in [-0.25, -0.2) is 0 Å². The van der Waals surface area contributed by atoms with Crippen molar-refractivity contribution in [2.24, 2.45) is 0 Å².